The zero-order valence-corrected chi connectivity index (χ0v) is 12.5. The van der Waals surface area contributed by atoms with E-state index in [-0.39, 0.29) is 11.4 Å². The maximum absolute atomic E-state index is 12.2. The number of nitrogens with one attached hydrogen (secondary N) is 1. The van der Waals surface area contributed by atoms with E-state index < -0.39 is 0 Å². The van der Waals surface area contributed by atoms with E-state index in [1.54, 1.807) is 0 Å². The summed E-state index contributed by atoms with van der Waals surface area (Å²) in [6.07, 6.45) is 1.87. The van der Waals surface area contributed by atoms with E-state index in [4.69, 9.17) is 0 Å². The minimum absolute atomic E-state index is 0.000556. The van der Waals surface area contributed by atoms with Crippen LogP contribution in [0.25, 0.3) is 0 Å². The highest BCUT2D eigenvalue weighted by atomic mass is 79.9. The van der Waals surface area contributed by atoms with E-state index in [9.17, 15) is 4.79 Å². The second-order valence-corrected chi connectivity index (χ2v) is 5.65. The highest BCUT2D eigenvalue weighted by Gasteiger charge is 2.22. The fourth-order valence-corrected chi connectivity index (χ4v) is 2.25. The van der Waals surface area contributed by atoms with Gasteiger partial charge >= 0.3 is 0 Å². The normalized spacial score (nSPS) is 11.4. The van der Waals surface area contributed by atoms with Crippen LogP contribution in [-0.2, 0) is 0 Å². The van der Waals surface area contributed by atoms with E-state index in [1.807, 2.05) is 25.1 Å². The maximum atomic E-state index is 12.2. The summed E-state index contributed by atoms with van der Waals surface area (Å²) >= 11 is 3.42. The molecule has 0 aliphatic rings. The summed E-state index contributed by atoms with van der Waals surface area (Å²) in [6.45, 7) is 8.25. The fraction of sp³-hybridized carbons (Fsp3) is 0.500. The number of hydrogen-bond acceptors (Lipinski definition) is 1. The average molecular weight is 298 g/mol. The van der Waals surface area contributed by atoms with Crippen molar-refractivity contribution in [3.8, 4) is 0 Å². The largest absolute Gasteiger partial charge is 0.347 e. The number of halogens is 1. The molecule has 0 saturated heterocycles. The van der Waals surface area contributed by atoms with Gasteiger partial charge in [0.05, 0.1) is 0 Å². The van der Waals surface area contributed by atoms with Gasteiger partial charge in [-0.2, -0.15) is 0 Å². The number of carbonyl (C=O) groups is 1. The molecule has 0 heterocycles. The van der Waals surface area contributed by atoms with E-state index in [0.717, 1.165) is 22.9 Å². The van der Waals surface area contributed by atoms with Crippen molar-refractivity contribution in [2.45, 2.75) is 46.1 Å². The summed E-state index contributed by atoms with van der Waals surface area (Å²) in [6, 6.07) is 5.76. The van der Waals surface area contributed by atoms with E-state index in [1.165, 1.54) is 0 Å². The van der Waals surface area contributed by atoms with Gasteiger partial charge in [-0.25, -0.2) is 0 Å². The van der Waals surface area contributed by atoms with Crippen molar-refractivity contribution in [1.82, 2.24) is 5.32 Å². The van der Waals surface area contributed by atoms with Gasteiger partial charge in [-0.05, 0) is 50.5 Å². The molecule has 17 heavy (non-hydrogen) atoms. The Hall–Kier alpha value is -0.830. The third-order valence-electron chi connectivity index (χ3n) is 3.28. The van der Waals surface area contributed by atoms with Crippen molar-refractivity contribution >= 4 is 21.8 Å². The molecule has 0 aliphatic carbocycles. The van der Waals surface area contributed by atoms with Crippen LogP contribution in [0.15, 0.2) is 22.7 Å². The van der Waals surface area contributed by atoms with Gasteiger partial charge in [0.1, 0.15) is 0 Å². The SMILES string of the molecule is CCC(C)(CC)NC(=O)c1cc(C)cc(Br)c1. The van der Waals surface area contributed by atoms with Gasteiger partial charge in [0, 0.05) is 15.6 Å². The molecule has 1 rings (SSSR count). The first-order valence-electron chi connectivity index (χ1n) is 6.00. The third kappa shape index (κ3) is 3.84. The van der Waals surface area contributed by atoms with Crippen molar-refractivity contribution in [2.24, 2.45) is 0 Å². The molecule has 0 spiro atoms. The van der Waals surface area contributed by atoms with Crippen molar-refractivity contribution in [3.63, 3.8) is 0 Å². The average Bonchev–Trinajstić information content (AvgIpc) is 2.27. The first kappa shape index (κ1) is 14.2. The van der Waals surface area contributed by atoms with Crippen LogP contribution in [0.4, 0.5) is 0 Å². The Morgan fingerprint density at radius 3 is 2.35 bits per heavy atom. The molecule has 0 radical (unpaired) electrons. The summed E-state index contributed by atoms with van der Waals surface area (Å²) in [4.78, 5) is 12.2. The van der Waals surface area contributed by atoms with Crippen molar-refractivity contribution in [1.29, 1.82) is 0 Å². The lowest BCUT2D eigenvalue weighted by atomic mass is 9.95. The van der Waals surface area contributed by atoms with E-state index >= 15 is 0 Å². The molecule has 0 aromatic heterocycles. The third-order valence-corrected chi connectivity index (χ3v) is 3.74. The first-order chi connectivity index (χ1) is 7.90. The predicted molar refractivity (Wildman–Crippen MR) is 75.3 cm³/mol. The second kappa shape index (κ2) is 5.67. The smallest absolute Gasteiger partial charge is 0.251 e. The summed E-state index contributed by atoms with van der Waals surface area (Å²) in [5.74, 6) is 0.000556. The van der Waals surface area contributed by atoms with E-state index in [0.29, 0.717) is 5.56 Å². The van der Waals surface area contributed by atoms with Crippen LogP contribution in [0.5, 0.6) is 0 Å². The van der Waals surface area contributed by atoms with Crippen molar-refractivity contribution in [3.05, 3.63) is 33.8 Å². The van der Waals surface area contributed by atoms with Gasteiger partial charge in [0.2, 0.25) is 0 Å². The fourth-order valence-electron chi connectivity index (χ4n) is 1.64. The Balaban J connectivity index is 2.90. The van der Waals surface area contributed by atoms with Crippen LogP contribution < -0.4 is 5.32 Å². The molecular weight excluding hydrogens is 278 g/mol. The molecule has 1 aromatic rings. The molecule has 2 nitrogen and oxygen atoms in total. The molecule has 0 bridgehead atoms. The van der Waals surface area contributed by atoms with Crippen LogP contribution in [0.1, 0.15) is 49.5 Å². The van der Waals surface area contributed by atoms with E-state index in [2.05, 4.69) is 42.0 Å². The predicted octanol–water partition coefficient (Wildman–Crippen LogP) is 4.07. The van der Waals surface area contributed by atoms with Gasteiger partial charge in [0.25, 0.3) is 5.91 Å². The molecule has 3 heteroatoms. The van der Waals surface area contributed by atoms with Crippen LogP contribution in [0.2, 0.25) is 0 Å². The molecule has 94 valence electrons. The number of rotatable bonds is 4. The number of amides is 1. The topological polar surface area (TPSA) is 29.1 Å². The molecule has 0 fully saturated rings. The Bertz CT molecular complexity index is 390. The first-order valence-corrected chi connectivity index (χ1v) is 6.79. The monoisotopic (exact) mass is 297 g/mol. The molecule has 1 N–H and O–H groups in total. The second-order valence-electron chi connectivity index (χ2n) is 4.74. The zero-order chi connectivity index (χ0) is 13.1. The lowest BCUT2D eigenvalue weighted by Gasteiger charge is -2.28. The Morgan fingerprint density at radius 2 is 1.88 bits per heavy atom. The molecule has 0 aliphatic heterocycles. The number of carbonyl (C=O) groups excluding carboxylic acids is 1. The summed E-state index contributed by atoms with van der Waals surface area (Å²) < 4.78 is 0.942. The van der Waals surface area contributed by atoms with Gasteiger partial charge in [-0.3, -0.25) is 4.79 Å². The van der Waals surface area contributed by atoms with Crippen LogP contribution in [0.3, 0.4) is 0 Å². The minimum atomic E-state index is -0.118. The Kier molecular flexibility index (Phi) is 4.75. The van der Waals surface area contributed by atoms with Crippen LogP contribution >= 0.6 is 15.9 Å². The van der Waals surface area contributed by atoms with Crippen LogP contribution in [0, 0.1) is 6.92 Å². The summed E-state index contributed by atoms with van der Waals surface area (Å²) in [5, 5.41) is 3.10. The molecule has 1 aromatic carbocycles. The zero-order valence-electron chi connectivity index (χ0n) is 10.9. The Morgan fingerprint density at radius 1 is 1.29 bits per heavy atom. The Labute approximate surface area is 112 Å². The van der Waals surface area contributed by atoms with Crippen molar-refractivity contribution < 1.29 is 4.79 Å². The standard InChI is InChI=1S/C14H20BrNO/c1-5-14(4,6-2)16-13(17)11-7-10(3)8-12(15)9-11/h7-9H,5-6H2,1-4H3,(H,16,17). The molecule has 0 unspecified atom stereocenters. The summed E-state index contributed by atoms with van der Waals surface area (Å²) in [7, 11) is 0. The molecule has 1 amide bonds. The van der Waals surface area contributed by atoms with Crippen LogP contribution in [-0.4, -0.2) is 11.4 Å². The maximum Gasteiger partial charge on any atom is 0.251 e. The van der Waals surface area contributed by atoms with Gasteiger partial charge in [-0.1, -0.05) is 29.8 Å². The quantitative estimate of drug-likeness (QED) is 0.892. The van der Waals surface area contributed by atoms with Gasteiger partial charge in [-0.15, -0.1) is 0 Å². The highest BCUT2D eigenvalue weighted by molar-refractivity contribution is 9.10. The lowest BCUT2D eigenvalue weighted by Crippen LogP contribution is -2.44. The van der Waals surface area contributed by atoms with Gasteiger partial charge < -0.3 is 5.32 Å². The number of benzene rings is 1. The minimum Gasteiger partial charge on any atom is -0.347 e. The number of hydrogen-bond donors (Lipinski definition) is 1. The molecule has 0 saturated carbocycles. The lowest BCUT2D eigenvalue weighted by molar-refractivity contribution is 0.0901. The molecule has 0 atom stereocenters. The number of aryl methyl sites for hydroxylation is 1. The summed E-state index contributed by atoms with van der Waals surface area (Å²) in [5.41, 5.74) is 1.68. The van der Waals surface area contributed by atoms with Gasteiger partial charge in [0.15, 0.2) is 0 Å². The molecular formula is C14H20BrNO. The van der Waals surface area contributed by atoms with Crippen molar-refractivity contribution in [2.75, 3.05) is 0 Å². The highest BCUT2D eigenvalue weighted by Crippen LogP contribution is 2.18.